The van der Waals surface area contributed by atoms with Crippen LogP contribution < -0.4 is 15.5 Å². The van der Waals surface area contributed by atoms with Gasteiger partial charge in [0, 0.05) is 12.7 Å². The Morgan fingerprint density at radius 3 is 3.04 bits per heavy atom. The Morgan fingerprint density at radius 2 is 2.37 bits per heavy atom. The van der Waals surface area contributed by atoms with Crippen LogP contribution in [0.5, 0.6) is 5.75 Å². The smallest absolute Gasteiger partial charge is 0.487 e. The SMILES string of the molecule is CC1COc2c(NCc3[c-]nn[nH]3)c(F)cc3c(=O)c(C(=O)O)cn1c23.[Au+]. The summed E-state index contributed by atoms with van der Waals surface area (Å²) >= 11 is 0. The van der Waals surface area contributed by atoms with Gasteiger partial charge in [-0.15, -0.1) is 10.9 Å². The number of rotatable bonds is 4. The minimum Gasteiger partial charge on any atom is -0.487 e. The fourth-order valence-electron chi connectivity index (χ4n) is 2.99. The Bertz CT molecular complexity index is 1080. The second kappa shape index (κ2) is 7.14. The Balaban J connectivity index is 0.00000210. The van der Waals surface area contributed by atoms with Crippen LogP contribution in [0, 0.1) is 12.0 Å². The van der Waals surface area contributed by atoms with Crippen molar-refractivity contribution >= 4 is 22.6 Å². The van der Waals surface area contributed by atoms with Crippen molar-refractivity contribution in [1.29, 1.82) is 0 Å². The van der Waals surface area contributed by atoms with Crippen molar-refractivity contribution in [1.82, 2.24) is 20.0 Å². The van der Waals surface area contributed by atoms with E-state index in [0.29, 0.717) is 11.2 Å². The summed E-state index contributed by atoms with van der Waals surface area (Å²) in [5.74, 6) is -1.91. The standard InChI is InChI=1S/C16H13FN5O4.Au/c1-7-6-26-15-12(18-3-8-4-19-21-20-8)11(17)2-9-13(15)22(7)5-10(14(9)23)16(24)25;/h2,5,7,18H,3,6H2,1H3,(H,24,25)(H,19,20,21);/q-1;+1. The van der Waals surface area contributed by atoms with Crippen LogP contribution in [-0.4, -0.2) is 37.7 Å². The number of anilines is 1. The van der Waals surface area contributed by atoms with E-state index in [9.17, 15) is 19.1 Å². The number of benzene rings is 1. The molecule has 1 atom stereocenters. The van der Waals surface area contributed by atoms with E-state index < -0.39 is 22.8 Å². The third-order valence-electron chi connectivity index (χ3n) is 4.26. The predicted octanol–water partition coefficient (Wildman–Crippen LogP) is 1.32. The molecule has 1 unspecified atom stereocenters. The van der Waals surface area contributed by atoms with Gasteiger partial charge in [-0.25, -0.2) is 9.18 Å². The number of hydrogen-bond acceptors (Lipinski definition) is 6. The number of aromatic amines is 1. The molecule has 0 amide bonds. The third-order valence-corrected chi connectivity index (χ3v) is 4.26. The van der Waals surface area contributed by atoms with E-state index in [2.05, 4.69) is 26.9 Å². The van der Waals surface area contributed by atoms with Crippen LogP contribution in [-0.2, 0) is 28.9 Å². The number of halogens is 1. The fraction of sp³-hybridized carbons (Fsp3) is 0.250. The van der Waals surface area contributed by atoms with Gasteiger partial charge in [-0.2, -0.15) is 0 Å². The molecule has 0 aliphatic carbocycles. The van der Waals surface area contributed by atoms with Gasteiger partial charge >= 0.3 is 28.3 Å². The van der Waals surface area contributed by atoms with Crippen molar-refractivity contribution in [2.45, 2.75) is 19.5 Å². The van der Waals surface area contributed by atoms with Gasteiger partial charge in [0.25, 0.3) is 0 Å². The molecule has 0 fully saturated rings. The predicted molar refractivity (Wildman–Crippen MR) is 87.9 cm³/mol. The van der Waals surface area contributed by atoms with Crippen molar-refractivity contribution in [3.63, 3.8) is 0 Å². The van der Waals surface area contributed by atoms with Gasteiger partial charge in [-0.3, -0.25) is 9.89 Å². The van der Waals surface area contributed by atoms with Crippen LogP contribution in [0.25, 0.3) is 10.9 Å². The minimum absolute atomic E-state index is 0. The molecule has 1 aliphatic rings. The van der Waals surface area contributed by atoms with Crippen LogP contribution in [0.1, 0.15) is 29.0 Å². The molecule has 1 aromatic carbocycles. The number of pyridine rings is 1. The number of ether oxygens (including phenoxy) is 1. The zero-order valence-electron chi connectivity index (χ0n) is 13.8. The molecule has 144 valence electrons. The fourth-order valence-corrected chi connectivity index (χ4v) is 2.99. The first-order valence-electron chi connectivity index (χ1n) is 7.76. The van der Waals surface area contributed by atoms with Crippen LogP contribution in [0.3, 0.4) is 0 Å². The Morgan fingerprint density at radius 1 is 1.59 bits per heavy atom. The average molecular weight is 555 g/mol. The summed E-state index contributed by atoms with van der Waals surface area (Å²) in [6, 6.07) is 0.815. The number of hydrogen-bond donors (Lipinski definition) is 3. The molecule has 0 saturated heterocycles. The summed E-state index contributed by atoms with van der Waals surface area (Å²) in [5.41, 5.74) is -0.216. The van der Waals surface area contributed by atoms with E-state index in [1.54, 1.807) is 4.57 Å². The summed E-state index contributed by atoms with van der Waals surface area (Å²) in [5, 5.41) is 21.8. The van der Waals surface area contributed by atoms with Crippen molar-refractivity contribution in [3.8, 4) is 5.75 Å². The van der Waals surface area contributed by atoms with Crippen molar-refractivity contribution in [2.75, 3.05) is 11.9 Å². The number of aromatic carboxylic acids is 1. The Hall–Kier alpha value is -2.69. The van der Waals surface area contributed by atoms with Crippen LogP contribution >= 0.6 is 0 Å². The molecular formula is C16H13AuFN5O4. The summed E-state index contributed by atoms with van der Waals surface area (Å²) in [6.45, 7) is 2.19. The van der Waals surface area contributed by atoms with E-state index in [0.717, 1.165) is 6.07 Å². The maximum atomic E-state index is 14.7. The molecule has 0 saturated carbocycles. The number of nitrogens with zero attached hydrogens (tertiary/aromatic N) is 3. The molecular weight excluding hydrogens is 542 g/mol. The van der Waals surface area contributed by atoms with Gasteiger partial charge in [0.2, 0.25) is 5.43 Å². The number of carboxylic acids is 1. The zero-order valence-corrected chi connectivity index (χ0v) is 16.0. The van der Waals surface area contributed by atoms with Crippen LogP contribution in [0.2, 0.25) is 0 Å². The van der Waals surface area contributed by atoms with E-state index in [1.165, 1.54) is 6.20 Å². The average Bonchev–Trinajstić information content (AvgIpc) is 3.12. The molecule has 0 spiro atoms. The van der Waals surface area contributed by atoms with E-state index >= 15 is 0 Å². The van der Waals surface area contributed by atoms with Crippen molar-refractivity contribution < 1.29 is 41.4 Å². The molecule has 9 nitrogen and oxygen atoms in total. The van der Waals surface area contributed by atoms with Gasteiger partial charge in [0.15, 0.2) is 11.6 Å². The minimum atomic E-state index is -1.36. The van der Waals surface area contributed by atoms with Crippen LogP contribution in [0.4, 0.5) is 10.1 Å². The van der Waals surface area contributed by atoms with Gasteiger partial charge < -0.3 is 31.0 Å². The van der Waals surface area contributed by atoms with Crippen molar-refractivity contribution in [2.24, 2.45) is 0 Å². The number of carbonyl (C=O) groups is 1. The summed E-state index contributed by atoms with van der Waals surface area (Å²) in [7, 11) is 0. The summed E-state index contributed by atoms with van der Waals surface area (Å²) < 4.78 is 22.0. The molecule has 0 radical (unpaired) electrons. The first-order valence-corrected chi connectivity index (χ1v) is 7.76. The molecule has 11 heteroatoms. The second-order valence-corrected chi connectivity index (χ2v) is 5.96. The molecule has 4 rings (SSSR count). The number of carboxylic acid groups (broad SMARTS) is 1. The summed E-state index contributed by atoms with van der Waals surface area (Å²) in [6.07, 6.45) is 3.88. The molecule has 1 aliphatic heterocycles. The molecule has 2 aromatic heterocycles. The van der Waals surface area contributed by atoms with Crippen molar-refractivity contribution in [3.05, 3.63) is 45.8 Å². The van der Waals surface area contributed by atoms with Gasteiger partial charge in [-0.1, -0.05) is 0 Å². The van der Waals surface area contributed by atoms with Gasteiger partial charge in [0.05, 0.1) is 16.9 Å². The monoisotopic (exact) mass is 555 g/mol. The first-order chi connectivity index (χ1) is 12.5. The van der Waals surface area contributed by atoms with E-state index in [1.807, 2.05) is 6.92 Å². The third kappa shape index (κ3) is 3.11. The number of nitrogens with one attached hydrogen (secondary N) is 2. The van der Waals surface area contributed by atoms with Gasteiger partial charge in [-0.05, 0) is 13.0 Å². The Kier molecular flexibility index (Phi) is 5.05. The summed E-state index contributed by atoms with van der Waals surface area (Å²) in [4.78, 5) is 23.8. The van der Waals surface area contributed by atoms with Crippen LogP contribution in [0.15, 0.2) is 17.1 Å². The molecule has 3 heterocycles. The van der Waals surface area contributed by atoms with E-state index in [4.69, 9.17) is 4.74 Å². The normalized spacial score (nSPS) is 15.1. The molecule has 0 bridgehead atoms. The maximum absolute atomic E-state index is 14.7. The first kappa shape index (κ1) is 19.1. The maximum Gasteiger partial charge on any atom is 1.00 e. The number of H-pyrrole nitrogens is 1. The molecule has 3 aromatic rings. The zero-order chi connectivity index (χ0) is 18.4. The second-order valence-electron chi connectivity index (χ2n) is 5.96. The molecule has 3 N–H and O–H groups in total. The topological polar surface area (TPSA) is 122 Å². The molecule has 27 heavy (non-hydrogen) atoms. The van der Waals surface area contributed by atoms with Gasteiger partial charge in [0.1, 0.15) is 17.9 Å². The number of aromatic nitrogens is 4. The Labute approximate surface area is 167 Å². The largest absolute Gasteiger partial charge is 1.00 e. The quantitative estimate of drug-likeness (QED) is 0.328. The van der Waals surface area contributed by atoms with E-state index in [-0.39, 0.29) is 58.4 Å².